The van der Waals surface area contributed by atoms with Gasteiger partial charge in [-0.2, -0.15) is 0 Å². The largest absolute Gasteiger partial charge is 0.494 e. The summed E-state index contributed by atoms with van der Waals surface area (Å²) in [6.45, 7) is 0.652. The first-order valence-corrected chi connectivity index (χ1v) is 15.7. The van der Waals surface area contributed by atoms with Crippen LogP contribution in [0.25, 0.3) is 10.4 Å². The summed E-state index contributed by atoms with van der Waals surface area (Å²) in [6.07, 6.45) is 0.113. The molecule has 0 spiro atoms. The molecule has 1 aliphatic rings. The Morgan fingerprint density at radius 2 is 1.76 bits per heavy atom. The summed E-state index contributed by atoms with van der Waals surface area (Å²) in [6, 6.07) is 28.7. The first kappa shape index (κ1) is 32.7. The minimum Gasteiger partial charge on any atom is -0.494 e. The predicted octanol–water partition coefficient (Wildman–Crippen LogP) is 7.02. The summed E-state index contributed by atoms with van der Waals surface area (Å²) < 4.78 is 27.6. The summed E-state index contributed by atoms with van der Waals surface area (Å²) in [5, 5.41) is 15.9. The van der Waals surface area contributed by atoms with Crippen LogP contribution in [0, 0.1) is 5.82 Å². The molecule has 0 saturated heterocycles. The molecule has 236 valence electrons. The number of rotatable bonds is 14. The lowest BCUT2D eigenvalue weighted by atomic mass is 9.80. The highest BCUT2D eigenvalue weighted by Gasteiger charge is 2.53. The Morgan fingerprint density at radius 1 is 1.04 bits per heavy atom. The maximum absolute atomic E-state index is 14.5. The van der Waals surface area contributed by atoms with Crippen LogP contribution in [0.3, 0.4) is 0 Å². The number of ether oxygens (including phenoxy) is 2. The zero-order chi connectivity index (χ0) is 32.4. The SMILES string of the molecule is [N-]=[N+]=NCc1ccccc1[C@H]1OC(c2ccc(OCCCO)cc2)=N[C@@]1(Cc1ccc(Br)cc1)C(=O)NCCc1ccccc1F. The van der Waals surface area contributed by atoms with Crippen molar-refractivity contribution >= 4 is 27.7 Å². The number of amides is 1. The van der Waals surface area contributed by atoms with Gasteiger partial charge in [0.2, 0.25) is 5.90 Å². The van der Waals surface area contributed by atoms with E-state index in [1.54, 1.807) is 30.3 Å². The molecule has 46 heavy (non-hydrogen) atoms. The molecule has 1 aliphatic heterocycles. The Balaban J connectivity index is 1.57. The quantitative estimate of drug-likeness (QED) is 0.0640. The van der Waals surface area contributed by atoms with Gasteiger partial charge in [0, 0.05) is 40.9 Å². The third-order valence-electron chi connectivity index (χ3n) is 7.70. The highest BCUT2D eigenvalue weighted by atomic mass is 79.9. The molecule has 0 saturated carbocycles. The average molecular weight is 687 g/mol. The molecule has 0 fully saturated rings. The van der Waals surface area contributed by atoms with Gasteiger partial charge in [-0.1, -0.05) is 75.6 Å². The van der Waals surface area contributed by atoms with Crippen molar-refractivity contribution in [2.45, 2.75) is 37.5 Å². The fraction of sp³-hybridized carbons (Fsp3) is 0.257. The van der Waals surface area contributed by atoms with Crippen LogP contribution in [-0.2, 0) is 28.9 Å². The van der Waals surface area contributed by atoms with Gasteiger partial charge in [0.25, 0.3) is 5.91 Å². The maximum Gasteiger partial charge on any atom is 0.252 e. The normalized spacial score (nSPS) is 17.0. The van der Waals surface area contributed by atoms with Gasteiger partial charge >= 0.3 is 0 Å². The van der Waals surface area contributed by atoms with E-state index < -0.39 is 11.6 Å². The molecular weight excluding hydrogens is 653 g/mol. The van der Waals surface area contributed by atoms with Gasteiger partial charge in [-0.05, 0) is 76.7 Å². The van der Waals surface area contributed by atoms with Crippen LogP contribution >= 0.6 is 15.9 Å². The molecule has 1 amide bonds. The number of aliphatic hydroxyl groups excluding tert-OH is 1. The molecule has 2 N–H and O–H groups in total. The van der Waals surface area contributed by atoms with Crippen molar-refractivity contribution in [1.29, 1.82) is 0 Å². The van der Waals surface area contributed by atoms with Crippen molar-refractivity contribution in [3.63, 3.8) is 0 Å². The van der Waals surface area contributed by atoms with Crippen LogP contribution < -0.4 is 10.1 Å². The Hall–Kier alpha value is -4.70. The molecule has 4 aromatic carbocycles. The predicted molar refractivity (Wildman–Crippen MR) is 177 cm³/mol. The van der Waals surface area contributed by atoms with Crippen LogP contribution in [0.1, 0.15) is 40.3 Å². The van der Waals surface area contributed by atoms with Gasteiger partial charge in [0.05, 0.1) is 13.2 Å². The van der Waals surface area contributed by atoms with E-state index in [1.165, 1.54) is 6.07 Å². The van der Waals surface area contributed by atoms with Gasteiger partial charge < -0.3 is 19.9 Å². The van der Waals surface area contributed by atoms with Crippen LogP contribution in [-0.4, -0.2) is 42.2 Å². The second-order valence-electron chi connectivity index (χ2n) is 10.8. The van der Waals surface area contributed by atoms with E-state index in [-0.39, 0.29) is 43.7 Å². The first-order valence-electron chi connectivity index (χ1n) is 14.9. The first-order chi connectivity index (χ1) is 22.4. The molecule has 0 bridgehead atoms. The van der Waals surface area contributed by atoms with Crippen molar-refractivity contribution in [3.05, 3.63) is 146 Å². The standard InChI is InChI=1S/C35H33BrFN5O4/c36-28-14-10-24(11-15-28)22-35(34(44)39-19-18-25-6-2-4-9-31(25)37)32(30-8-3-1-7-27(30)23-40-42-38)46-33(41-35)26-12-16-29(17-13-26)45-21-5-20-43/h1-4,6-17,32,43H,5,18-23H2,(H,39,44)/t32-,35-/m1/s1. The topological polar surface area (TPSA) is 129 Å². The van der Waals surface area contributed by atoms with Gasteiger partial charge in [0.15, 0.2) is 11.6 Å². The molecule has 0 radical (unpaired) electrons. The molecule has 2 atom stereocenters. The summed E-state index contributed by atoms with van der Waals surface area (Å²) >= 11 is 3.49. The number of aliphatic hydroxyl groups is 1. The van der Waals surface area contributed by atoms with Crippen molar-refractivity contribution in [2.75, 3.05) is 19.8 Å². The second kappa shape index (κ2) is 15.5. The number of nitrogens with zero attached hydrogens (tertiary/aromatic N) is 4. The number of benzene rings is 4. The number of carbonyl (C=O) groups is 1. The molecule has 0 aliphatic carbocycles. The monoisotopic (exact) mass is 685 g/mol. The summed E-state index contributed by atoms with van der Waals surface area (Å²) in [4.78, 5) is 22.5. The number of carbonyl (C=O) groups excluding carboxylic acids is 1. The van der Waals surface area contributed by atoms with E-state index in [0.717, 1.165) is 10.0 Å². The smallest absolute Gasteiger partial charge is 0.252 e. The minimum absolute atomic E-state index is 0.0358. The van der Waals surface area contributed by atoms with Crippen molar-refractivity contribution in [2.24, 2.45) is 10.1 Å². The van der Waals surface area contributed by atoms with Gasteiger partial charge in [-0.15, -0.1) is 0 Å². The number of hydrogen-bond acceptors (Lipinski definition) is 6. The lowest BCUT2D eigenvalue weighted by Gasteiger charge is -2.32. The van der Waals surface area contributed by atoms with Crippen molar-refractivity contribution in [3.8, 4) is 5.75 Å². The third kappa shape index (κ3) is 7.74. The molecule has 4 aromatic rings. The van der Waals surface area contributed by atoms with E-state index in [1.807, 2.05) is 60.7 Å². The van der Waals surface area contributed by atoms with Crippen LogP contribution in [0.4, 0.5) is 4.39 Å². The van der Waals surface area contributed by atoms with Crippen LogP contribution in [0.15, 0.2) is 112 Å². The number of aliphatic imine (C=N–C) groups is 1. The molecule has 11 heteroatoms. The van der Waals surface area contributed by atoms with Crippen molar-refractivity contribution in [1.82, 2.24) is 5.32 Å². The fourth-order valence-electron chi connectivity index (χ4n) is 5.38. The zero-order valence-corrected chi connectivity index (χ0v) is 26.6. The highest BCUT2D eigenvalue weighted by molar-refractivity contribution is 9.10. The number of halogens is 2. The Kier molecular flexibility index (Phi) is 11.0. The lowest BCUT2D eigenvalue weighted by Crippen LogP contribution is -2.50. The Bertz CT molecular complexity index is 1730. The van der Waals surface area contributed by atoms with E-state index in [2.05, 4.69) is 31.3 Å². The van der Waals surface area contributed by atoms with Crippen LogP contribution in [0.5, 0.6) is 5.75 Å². The maximum atomic E-state index is 14.5. The molecule has 0 unspecified atom stereocenters. The molecular formula is C35H33BrFN5O4. The minimum atomic E-state index is -1.47. The van der Waals surface area contributed by atoms with Gasteiger partial charge in [-0.25, -0.2) is 9.38 Å². The third-order valence-corrected chi connectivity index (χ3v) is 8.23. The molecule has 0 aromatic heterocycles. The van der Waals surface area contributed by atoms with E-state index in [9.17, 15) is 9.18 Å². The molecule has 5 rings (SSSR count). The zero-order valence-electron chi connectivity index (χ0n) is 25.0. The number of hydrogen-bond donors (Lipinski definition) is 2. The van der Waals surface area contributed by atoms with Crippen LogP contribution in [0.2, 0.25) is 0 Å². The van der Waals surface area contributed by atoms with Gasteiger partial charge in [0.1, 0.15) is 11.6 Å². The average Bonchev–Trinajstić information content (AvgIpc) is 3.46. The summed E-state index contributed by atoms with van der Waals surface area (Å²) in [5.41, 5.74) is 11.0. The fourth-order valence-corrected chi connectivity index (χ4v) is 5.64. The molecule has 9 nitrogen and oxygen atoms in total. The Labute approximate surface area is 274 Å². The lowest BCUT2D eigenvalue weighted by molar-refractivity contribution is -0.128. The number of azide groups is 1. The second-order valence-corrected chi connectivity index (χ2v) is 11.7. The van der Waals surface area contributed by atoms with Gasteiger partial charge in [-0.3, -0.25) is 4.79 Å². The summed E-state index contributed by atoms with van der Waals surface area (Å²) in [7, 11) is 0. The van der Waals surface area contributed by atoms with E-state index in [0.29, 0.717) is 47.5 Å². The van der Waals surface area contributed by atoms with Crippen molar-refractivity contribution < 1.29 is 23.8 Å². The molecule has 1 heterocycles. The van der Waals surface area contributed by atoms with E-state index in [4.69, 9.17) is 25.1 Å². The highest BCUT2D eigenvalue weighted by Crippen LogP contribution is 2.44. The van der Waals surface area contributed by atoms with E-state index >= 15 is 0 Å². The number of nitrogens with one attached hydrogen (secondary N) is 1. The Morgan fingerprint density at radius 3 is 2.48 bits per heavy atom. The summed E-state index contributed by atoms with van der Waals surface area (Å²) in [5.74, 6) is 0.180.